The molecule has 1 amide bonds. The fourth-order valence-corrected chi connectivity index (χ4v) is 1.19. The lowest BCUT2D eigenvalue weighted by Crippen LogP contribution is -2.48. The van der Waals surface area contributed by atoms with Crippen molar-refractivity contribution in [3.8, 4) is 0 Å². The van der Waals surface area contributed by atoms with E-state index in [2.05, 4.69) is 10.3 Å². The molecule has 0 radical (unpaired) electrons. The minimum absolute atomic E-state index is 0.0749. The maximum atomic E-state index is 11.8. The van der Waals surface area contributed by atoms with Crippen LogP contribution in [0, 0.1) is 6.92 Å². The van der Waals surface area contributed by atoms with Gasteiger partial charge in [0.05, 0.1) is 17.7 Å². The number of aryl methyl sites for hydroxylation is 1. The summed E-state index contributed by atoms with van der Waals surface area (Å²) in [6.45, 7) is 5.52. The van der Waals surface area contributed by atoms with Gasteiger partial charge in [-0.15, -0.1) is 0 Å². The van der Waals surface area contributed by atoms with Gasteiger partial charge in [-0.2, -0.15) is 0 Å². The van der Waals surface area contributed by atoms with E-state index in [0.29, 0.717) is 12.0 Å². The van der Waals surface area contributed by atoms with Crippen molar-refractivity contribution in [1.29, 1.82) is 0 Å². The Morgan fingerprint density at radius 1 is 1.56 bits per heavy atom. The van der Waals surface area contributed by atoms with Crippen molar-refractivity contribution in [2.24, 2.45) is 0 Å². The highest BCUT2D eigenvalue weighted by Crippen LogP contribution is 2.09. The first-order valence-electron chi connectivity index (χ1n) is 5.37. The highest BCUT2D eigenvalue weighted by Gasteiger charge is 2.23. The normalized spacial score (nSPS) is 14.2. The standard InChI is InChI=1S/C12H18N2O2/c1-4-12(3,8-15)14-11(16)10-6-5-9(2)13-7-10/h5-7,15H,4,8H2,1-3H3,(H,14,16). The van der Waals surface area contributed by atoms with Crippen molar-refractivity contribution >= 4 is 5.91 Å². The molecule has 0 aliphatic carbocycles. The van der Waals surface area contributed by atoms with Crippen LogP contribution in [-0.2, 0) is 0 Å². The molecule has 0 aliphatic rings. The Morgan fingerprint density at radius 3 is 2.69 bits per heavy atom. The summed E-state index contributed by atoms with van der Waals surface area (Å²) < 4.78 is 0. The number of nitrogens with one attached hydrogen (secondary N) is 1. The highest BCUT2D eigenvalue weighted by molar-refractivity contribution is 5.94. The zero-order valence-electron chi connectivity index (χ0n) is 9.95. The largest absolute Gasteiger partial charge is 0.394 e. The van der Waals surface area contributed by atoms with Crippen LogP contribution in [-0.4, -0.2) is 28.1 Å². The van der Waals surface area contributed by atoms with Crippen LogP contribution in [0.25, 0.3) is 0 Å². The van der Waals surface area contributed by atoms with E-state index < -0.39 is 5.54 Å². The van der Waals surface area contributed by atoms with Gasteiger partial charge >= 0.3 is 0 Å². The first kappa shape index (κ1) is 12.6. The van der Waals surface area contributed by atoms with Crippen molar-refractivity contribution in [3.05, 3.63) is 29.6 Å². The molecule has 1 unspecified atom stereocenters. The van der Waals surface area contributed by atoms with E-state index in [1.54, 1.807) is 12.1 Å². The summed E-state index contributed by atoms with van der Waals surface area (Å²) in [4.78, 5) is 15.9. The van der Waals surface area contributed by atoms with Crippen molar-refractivity contribution in [3.63, 3.8) is 0 Å². The summed E-state index contributed by atoms with van der Waals surface area (Å²) >= 11 is 0. The maximum Gasteiger partial charge on any atom is 0.253 e. The monoisotopic (exact) mass is 222 g/mol. The predicted molar refractivity (Wildman–Crippen MR) is 62.2 cm³/mol. The smallest absolute Gasteiger partial charge is 0.253 e. The summed E-state index contributed by atoms with van der Waals surface area (Å²) in [5.74, 6) is -0.203. The summed E-state index contributed by atoms with van der Waals surface area (Å²) in [5, 5.41) is 12.0. The molecule has 4 nitrogen and oxygen atoms in total. The second-order valence-electron chi connectivity index (χ2n) is 4.21. The molecule has 0 fully saturated rings. The lowest BCUT2D eigenvalue weighted by molar-refractivity contribution is 0.0847. The number of aliphatic hydroxyl groups excluding tert-OH is 1. The summed E-state index contributed by atoms with van der Waals surface area (Å²) in [6, 6.07) is 3.52. The van der Waals surface area contributed by atoms with Gasteiger partial charge in [-0.25, -0.2) is 0 Å². The maximum absolute atomic E-state index is 11.8. The number of aliphatic hydroxyl groups is 1. The fourth-order valence-electron chi connectivity index (χ4n) is 1.19. The molecule has 16 heavy (non-hydrogen) atoms. The number of hydrogen-bond acceptors (Lipinski definition) is 3. The minimum Gasteiger partial charge on any atom is -0.394 e. The van der Waals surface area contributed by atoms with Crippen LogP contribution in [0.4, 0.5) is 0 Å². The fraction of sp³-hybridized carbons (Fsp3) is 0.500. The van der Waals surface area contributed by atoms with Crippen LogP contribution in [0.5, 0.6) is 0 Å². The minimum atomic E-state index is -0.567. The highest BCUT2D eigenvalue weighted by atomic mass is 16.3. The molecule has 0 aromatic carbocycles. The van der Waals surface area contributed by atoms with Crippen LogP contribution in [0.15, 0.2) is 18.3 Å². The van der Waals surface area contributed by atoms with Crippen molar-refractivity contribution in [2.45, 2.75) is 32.7 Å². The molecular weight excluding hydrogens is 204 g/mol. The SMILES string of the molecule is CCC(C)(CO)NC(=O)c1ccc(C)nc1. The Kier molecular flexibility index (Phi) is 4.01. The van der Waals surface area contributed by atoms with Crippen LogP contribution in [0.2, 0.25) is 0 Å². The van der Waals surface area contributed by atoms with E-state index in [9.17, 15) is 9.90 Å². The Hall–Kier alpha value is -1.42. The number of hydrogen-bond donors (Lipinski definition) is 2. The Bertz CT molecular complexity index is 356. The number of pyridine rings is 1. The topological polar surface area (TPSA) is 62.2 Å². The number of carbonyl (C=O) groups is 1. The van der Waals surface area contributed by atoms with Gasteiger partial charge in [0.25, 0.3) is 5.91 Å². The lowest BCUT2D eigenvalue weighted by Gasteiger charge is -2.27. The van der Waals surface area contributed by atoms with Crippen LogP contribution >= 0.6 is 0 Å². The molecule has 0 aliphatic heterocycles. The second kappa shape index (κ2) is 5.07. The number of aromatic nitrogens is 1. The van der Waals surface area contributed by atoms with Crippen molar-refractivity contribution in [2.75, 3.05) is 6.61 Å². The third kappa shape index (κ3) is 3.03. The van der Waals surface area contributed by atoms with Crippen LogP contribution < -0.4 is 5.32 Å². The second-order valence-corrected chi connectivity index (χ2v) is 4.21. The predicted octanol–water partition coefficient (Wildman–Crippen LogP) is 1.28. The Labute approximate surface area is 95.7 Å². The molecule has 2 N–H and O–H groups in total. The molecule has 4 heteroatoms. The summed E-state index contributed by atoms with van der Waals surface area (Å²) in [6.07, 6.45) is 2.21. The molecule has 1 aromatic heterocycles. The molecule has 0 saturated heterocycles. The molecule has 1 atom stereocenters. The van der Waals surface area contributed by atoms with Gasteiger partial charge in [-0.3, -0.25) is 9.78 Å². The van der Waals surface area contributed by atoms with E-state index in [1.165, 1.54) is 6.20 Å². The number of nitrogens with zero attached hydrogens (tertiary/aromatic N) is 1. The molecule has 0 spiro atoms. The molecule has 0 bridgehead atoms. The van der Waals surface area contributed by atoms with E-state index in [4.69, 9.17) is 0 Å². The molecule has 1 heterocycles. The van der Waals surface area contributed by atoms with E-state index >= 15 is 0 Å². The quantitative estimate of drug-likeness (QED) is 0.806. The average molecular weight is 222 g/mol. The van der Waals surface area contributed by atoms with Crippen LogP contribution in [0.3, 0.4) is 0 Å². The first-order chi connectivity index (χ1) is 7.50. The number of rotatable bonds is 4. The van der Waals surface area contributed by atoms with Gasteiger partial charge in [0.1, 0.15) is 0 Å². The van der Waals surface area contributed by atoms with Gasteiger partial charge in [-0.05, 0) is 32.4 Å². The third-order valence-corrected chi connectivity index (χ3v) is 2.72. The molecular formula is C12H18N2O2. The van der Waals surface area contributed by atoms with Gasteiger partial charge in [-0.1, -0.05) is 6.92 Å². The lowest BCUT2D eigenvalue weighted by atomic mass is 10.00. The summed E-state index contributed by atoms with van der Waals surface area (Å²) in [7, 11) is 0. The Morgan fingerprint density at radius 2 is 2.25 bits per heavy atom. The molecule has 1 rings (SSSR count). The Balaban J connectivity index is 2.76. The van der Waals surface area contributed by atoms with Crippen molar-refractivity contribution < 1.29 is 9.90 Å². The van der Waals surface area contributed by atoms with E-state index in [0.717, 1.165) is 5.69 Å². The van der Waals surface area contributed by atoms with Crippen LogP contribution in [0.1, 0.15) is 36.3 Å². The number of amides is 1. The van der Waals surface area contributed by atoms with E-state index in [1.807, 2.05) is 20.8 Å². The van der Waals surface area contributed by atoms with Gasteiger partial charge in [0, 0.05) is 11.9 Å². The summed E-state index contributed by atoms with van der Waals surface area (Å²) in [5.41, 5.74) is 0.817. The molecule has 1 aromatic rings. The zero-order chi connectivity index (χ0) is 12.2. The molecule has 0 saturated carbocycles. The van der Waals surface area contributed by atoms with Gasteiger partial charge in [0.2, 0.25) is 0 Å². The van der Waals surface area contributed by atoms with Gasteiger partial charge < -0.3 is 10.4 Å². The average Bonchev–Trinajstić information content (AvgIpc) is 2.29. The van der Waals surface area contributed by atoms with E-state index in [-0.39, 0.29) is 12.5 Å². The van der Waals surface area contributed by atoms with Crippen molar-refractivity contribution in [1.82, 2.24) is 10.3 Å². The molecule has 88 valence electrons. The van der Waals surface area contributed by atoms with Gasteiger partial charge in [0.15, 0.2) is 0 Å². The first-order valence-corrected chi connectivity index (χ1v) is 5.37. The number of carbonyl (C=O) groups excluding carboxylic acids is 1. The zero-order valence-corrected chi connectivity index (χ0v) is 9.95. The third-order valence-electron chi connectivity index (χ3n) is 2.72.